The number of carboxylic acids is 1. The van der Waals surface area contributed by atoms with Crippen LogP contribution in [0.15, 0.2) is 30.3 Å². The lowest BCUT2D eigenvalue weighted by Crippen LogP contribution is -2.51. The van der Waals surface area contributed by atoms with Crippen LogP contribution in [0.25, 0.3) is 0 Å². The summed E-state index contributed by atoms with van der Waals surface area (Å²) < 4.78 is 10.2. The fraction of sp³-hybridized carbons (Fsp3) is 0.500. The number of nitrogens with one attached hydrogen (secondary N) is 2. The Kier molecular flexibility index (Phi) is 9.25. The van der Waals surface area contributed by atoms with E-state index in [1.165, 1.54) is 6.92 Å². The third-order valence-electron chi connectivity index (χ3n) is 3.68. The van der Waals surface area contributed by atoms with Gasteiger partial charge in [-0.15, -0.1) is 0 Å². The molecule has 1 aromatic carbocycles. The van der Waals surface area contributed by atoms with E-state index in [2.05, 4.69) is 10.6 Å². The fourth-order valence-electron chi connectivity index (χ4n) is 2.24. The van der Waals surface area contributed by atoms with E-state index in [0.717, 1.165) is 5.56 Å². The van der Waals surface area contributed by atoms with E-state index < -0.39 is 54.3 Å². The minimum absolute atomic E-state index is 0.100. The van der Waals surface area contributed by atoms with Gasteiger partial charge in [-0.2, -0.15) is 0 Å². The summed E-state index contributed by atoms with van der Waals surface area (Å²) in [5, 5.41) is 13.8. The Morgan fingerprint density at radius 1 is 1.07 bits per heavy atom. The molecule has 10 heteroatoms. The SMILES string of the molecule is C[C@H](N)C(=O)N[C@@H](COC(=O)[C@H](Cc1ccccc1)NC(=O)OC(C)(C)C)C(=O)O. The molecular weight excluding hydrogens is 394 g/mol. The maximum Gasteiger partial charge on any atom is 0.408 e. The number of carboxylic acid groups (broad SMARTS) is 1. The Morgan fingerprint density at radius 3 is 2.17 bits per heavy atom. The summed E-state index contributed by atoms with van der Waals surface area (Å²) in [5.74, 6) is -2.96. The fourth-order valence-corrected chi connectivity index (χ4v) is 2.24. The molecule has 3 atom stereocenters. The van der Waals surface area contributed by atoms with Gasteiger partial charge in [0.2, 0.25) is 5.91 Å². The molecule has 0 fully saturated rings. The van der Waals surface area contributed by atoms with Crippen molar-refractivity contribution in [2.45, 2.75) is 57.8 Å². The minimum atomic E-state index is -1.48. The molecule has 30 heavy (non-hydrogen) atoms. The van der Waals surface area contributed by atoms with Gasteiger partial charge in [0, 0.05) is 6.42 Å². The number of nitrogens with two attached hydrogens (primary N) is 1. The lowest BCUT2D eigenvalue weighted by atomic mass is 10.1. The van der Waals surface area contributed by atoms with Crippen molar-refractivity contribution in [2.75, 3.05) is 6.61 Å². The van der Waals surface area contributed by atoms with Gasteiger partial charge in [0.15, 0.2) is 6.04 Å². The summed E-state index contributed by atoms with van der Waals surface area (Å²) in [5.41, 5.74) is 5.38. The second kappa shape index (κ2) is 11.1. The molecule has 1 rings (SSSR count). The number of benzene rings is 1. The lowest BCUT2D eigenvalue weighted by molar-refractivity contribution is -0.152. The molecule has 0 aliphatic heterocycles. The number of ether oxygens (including phenoxy) is 2. The summed E-state index contributed by atoms with van der Waals surface area (Å²) in [7, 11) is 0. The Balaban J connectivity index is 2.85. The Hall–Kier alpha value is -3.14. The Bertz CT molecular complexity index is 745. The smallest absolute Gasteiger partial charge is 0.408 e. The van der Waals surface area contributed by atoms with E-state index in [1.54, 1.807) is 51.1 Å². The third kappa shape index (κ3) is 9.37. The van der Waals surface area contributed by atoms with Crippen LogP contribution in [0.3, 0.4) is 0 Å². The maximum atomic E-state index is 12.6. The molecule has 1 aromatic rings. The van der Waals surface area contributed by atoms with Crippen LogP contribution >= 0.6 is 0 Å². The van der Waals surface area contributed by atoms with Crippen LogP contribution in [0.5, 0.6) is 0 Å². The number of rotatable bonds is 9. The number of amides is 2. The molecule has 0 aromatic heterocycles. The largest absolute Gasteiger partial charge is 0.480 e. The number of aliphatic carboxylic acids is 1. The molecule has 10 nitrogen and oxygen atoms in total. The zero-order valence-corrected chi connectivity index (χ0v) is 17.5. The van der Waals surface area contributed by atoms with Crippen LogP contribution in [0, 0.1) is 0 Å². The molecule has 0 aliphatic rings. The molecule has 166 valence electrons. The summed E-state index contributed by atoms with van der Waals surface area (Å²) in [4.78, 5) is 47.7. The second-order valence-corrected chi connectivity index (χ2v) is 7.71. The van der Waals surface area contributed by atoms with Gasteiger partial charge in [-0.1, -0.05) is 30.3 Å². The molecule has 0 aliphatic carbocycles. The molecule has 2 amide bonds. The van der Waals surface area contributed by atoms with Crippen LogP contribution in [-0.4, -0.2) is 59.4 Å². The van der Waals surface area contributed by atoms with E-state index in [9.17, 15) is 24.3 Å². The average Bonchev–Trinajstić information content (AvgIpc) is 2.63. The van der Waals surface area contributed by atoms with Crippen LogP contribution in [-0.2, 0) is 30.3 Å². The monoisotopic (exact) mass is 423 g/mol. The third-order valence-corrected chi connectivity index (χ3v) is 3.68. The van der Waals surface area contributed by atoms with E-state index >= 15 is 0 Å². The topological polar surface area (TPSA) is 157 Å². The summed E-state index contributed by atoms with van der Waals surface area (Å²) in [6.45, 7) is 5.79. The lowest BCUT2D eigenvalue weighted by Gasteiger charge is -2.23. The maximum absolute atomic E-state index is 12.6. The molecule has 0 spiro atoms. The standard InChI is InChI=1S/C20H29N3O7/c1-12(21)16(24)22-15(17(25)26)11-29-18(27)14(10-13-8-6-5-7-9-13)23-19(28)30-20(2,3)4/h5-9,12,14-15H,10-11,21H2,1-4H3,(H,22,24)(H,23,28)(H,25,26)/t12-,14-,15-/m0/s1. The second-order valence-electron chi connectivity index (χ2n) is 7.71. The van der Waals surface area contributed by atoms with E-state index in [1.807, 2.05) is 0 Å². The van der Waals surface area contributed by atoms with Crippen molar-refractivity contribution < 1.29 is 33.8 Å². The van der Waals surface area contributed by atoms with Crippen molar-refractivity contribution in [3.63, 3.8) is 0 Å². The van der Waals surface area contributed by atoms with Gasteiger partial charge in [0.25, 0.3) is 0 Å². The van der Waals surface area contributed by atoms with Gasteiger partial charge in [0.05, 0.1) is 6.04 Å². The van der Waals surface area contributed by atoms with Crippen molar-refractivity contribution in [1.29, 1.82) is 0 Å². The van der Waals surface area contributed by atoms with E-state index in [-0.39, 0.29) is 6.42 Å². The number of esters is 1. The van der Waals surface area contributed by atoms with Gasteiger partial charge in [-0.3, -0.25) is 4.79 Å². The number of hydrogen-bond donors (Lipinski definition) is 4. The van der Waals surface area contributed by atoms with Crippen molar-refractivity contribution >= 4 is 23.9 Å². The quantitative estimate of drug-likeness (QED) is 0.420. The highest BCUT2D eigenvalue weighted by Crippen LogP contribution is 2.09. The first-order valence-corrected chi connectivity index (χ1v) is 9.38. The number of hydrogen-bond acceptors (Lipinski definition) is 7. The van der Waals surface area contributed by atoms with Gasteiger partial charge >= 0.3 is 18.0 Å². The van der Waals surface area contributed by atoms with Crippen LogP contribution < -0.4 is 16.4 Å². The van der Waals surface area contributed by atoms with Crippen molar-refractivity contribution in [3.05, 3.63) is 35.9 Å². The molecule has 5 N–H and O–H groups in total. The molecule has 0 saturated carbocycles. The van der Waals surface area contributed by atoms with Crippen LogP contribution in [0.1, 0.15) is 33.3 Å². The summed E-state index contributed by atoms with van der Waals surface area (Å²) >= 11 is 0. The molecule has 0 heterocycles. The number of carbonyl (C=O) groups excluding carboxylic acids is 3. The van der Waals surface area contributed by atoms with Crippen LogP contribution in [0.4, 0.5) is 4.79 Å². The van der Waals surface area contributed by atoms with Gasteiger partial charge in [-0.25, -0.2) is 14.4 Å². The zero-order chi connectivity index (χ0) is 22.9. The summed E-state index contributed by atoms with van der Waals surface area (Å²) in [6, 6.07) is 5.34. The first kappa shape index (κ1) is 24.9. The Morgan fingerprint density at radius 2 is 1.67 bits per heavy atom. The van der Waals surface area contributed by atoms with E-state index in [0.29, 0.717) is 0 Å². The van der Waals surface area contributed by atoms with Gasteiger partial charge < -0.3 is 30.9 Å². The first-order valence-electron chi connectivity index (χ1n) is 9.38. The Labute approximate surface area is 175 Å². The minimum Gasteiger partial charge on any atom is -0.480 e. The molecular formula is C20H29N3O7. The number of carbonyl (C=O) groups is 4. The van der Waals surface area contributed by atoms with Crippen LogP contribution in [0.2, 0.25) is 0 Å². The molecule has 0 saturated heterocycles. The van der Waals surface area contributed by atoms with Crippen molar-refractivity contribution in [3.8, 4) is 0 Å². The highest BCUT2D eigenvalue weighted by atomic mass is 16.6. The normalized spacial score (nSPS) is 14.0. The highest BCUT2D eigenvalue weighted by molar-refractivity contribution is 5.87. The molecule has 0 unspecified atom stereocenters. The summed E-state index contributed by atoms with van der Waals surface area (Å²) in [6.07, 6.45) is -0.719. The van der Waals surface area contributed by atoms with Gasteiger partial charge in [0.1, 0.15) is 18.2 Å². The average molecular weight is 423 g/mol. The number of alkyl carbamates (subject to hydrolysis) is 1. The molecule has 0 bridgehead atoms. The molecule has 0 radical (unpaired) electrons. The predicted molar refractivity (Wildman–Crippen MR) is 107 cm³/mol. The van der Waals surface area contributed by atoms with Crippen molar-refractivity contribution in [2.24, 2.45) is 5.73 Å². The zero-order valence-electron chi connectivity index (χ0n) is 17.5. The predicted octanol–water partition coefficient (Wildman–Crippen LogP) is 0.582. The van der Waals surface area contributed by atoms with Crippen molar-refractivity contribution in [1.82, 2.24) is 10.6 Å². The van der Waals surface area contributed by atoms with E-state index in [4.69, 9.17) is 15.2 Å². The highest BCUT2D eigenvalue weighted by Gasteiger charge is 2.29. The first-order chi connectivity index (χ1) is 13.9. The van der Waals surface area contributed by atoms with Gasteiger partial charge in [-0.05, 0) is 33.3 Å².